The van der Waals surface area contributed by atoms with Crippen molar-refractivity contribution in [3.05, 3.63) is 93.5 Å². The number of aromatic nitrogens is 4. The lowest BCUT2D eigenvalue weighted by Crippen LogP contribution is -2.25. The number of amides is 1. The second-order valence-corrected chi connectivity index (χ2v) is 8.47. The van der Waals surface area contributed by atoms with Gasteiger partial charge in [0, 0.05) is 35.2 Å². The van der Waals surface area contributed by atoms with E-state index in [4.69, 9.17) is 10.7 Å². The summed E-state index contributed by atoms with van der Waals surface area (Å²) in [5.41, 5.74) is 11.4. The third-order valence-electron chi connectivity index (χ3n) is 5.95. The first-order valence-electron chi connectivity index (χ1n) is 11.3. The van der Waals surface area contributed by atoms with Gasteiger partial charge in [-0.1, -0.05) is 24.3 Å². The summed E-state index contributed by atoms with van der Waals surface area (Å²) in [5.74, 6) is 0.170. The maximum absolute atomic E-state index is 13.1. The minimum atomic E-state index is -0.284. The Morgan fingerprint density at radius 2 is 1.89 bits per heavy atom. The Balaban J connectivity index is 1.68. The van der Waals surface area contributed by atoms with Gasteiger partial charge in [0.2, 0.25) is 5.95 Å². The van der Waals surface area contributed by atoms with Crippen LogP contribution < -0.4 is 16.6 Å². The van der Waals surface area contributed by atoms with Gasteiger partial charge >= 0.3 is 0 Å². The first kappa shape index (κ1) is 22.3. The predicted molar refractivity (Wildman–Crippen MR) is 136 cm³/mol. The number of anilines is 1. The quantitative estimate of drug-likeness (QED) is 0.412. The second kappa shape index (κ2) is 9.02. The first-order chi connectivity index (χ1) is 16.9. The van der Waals surface area contributed by atoms with E-state index in [0.717, 1.165) is 16.6 Å². The van der Waals surface area contributed by atoms with Crippen LogP contribution in [0.3, 0.4) is 0 Å². The molecule has 176 valence electrons. The van der Waals surface area contributed by atoms with Crippen LogP contribution in [0.4, 0.5) is 5.95 Å². The van der Waals surface area contributed by atoms with Crippen molar-refractivity contribution in [1.29, 1.82) is 0 Å². The predicted octanol–water partition coefficient (Wildman–Crippen LogP) is 3.06. The molecule has 2 aromatic heterocycles. The van der Waals surface area contributed by atoms with Gasteiger partial charge in [0.25, 0.3) is 11.5 Å². The molecule has 35 heavy (non-hydrogen) atoms. The summed E-state index contributed by atoms with van der Waals surface area (Å²) in [6, 6.07) is 18.0. The van der Waals surface area contributed by atoms with E-state index in [1.165, 1.54) is 10.7 Å². The average molecular weight is 468 g/mol. The Morgan fingerprint density at radius 3 is 2.71 bits per heavy atom. The van der Waals surface area contributed by atoms with E-state index in [0.29, 0.717) is 47.3 Å². The molecule has 1 amide bonds. The fraction of sp³-hybridized carbons (Fsp3) is 0.192. The molecule has 9 nitrogen and oxygen atoms in total. The van der Waals surface area contributed by atoms with Crippen LogP contribution in [-0.4, -0.2) is 37.5 Å². The zero-order chi connectivity index (χ0) is 24.5. The van der Waals surface area contributed by atoms with Gasteiger partial charge in [-0.2, -0.15) is 5.10 Å². The average Bonchev–Trinajstić information content (AvgIpc) is 3.17. The molecule has 4 bridgehead atoms. The van der Waals surface area contributed by atoms with E-state index in [-0.39, 0.29) is 18.0 Å². The number of para-hydroxylation sites is 2. The van der Waals surface area contributed by atoms with E-state index < -0.39 is 0 Å². The molecule has 9 heteroatoms. The van der Waals surface area contributed by atoms with E-state index in [9.17, 15) is 9.59 Å². The number of nitrogens with two attached hydrogens (primary N) is 1. The molecule has 0 spiro atoms. The normalized spacial score (nSPS) is 15.8. The molecule has 0 fully saturated rings. The fourth-order valence-corrected chi connectivity index (χ4v) is 4.32. The SMILES string of the molecule is CC1=NCCn2c(nc3ccccc32)NC(=O)c2cccc(c2)Cn2nc(ccc2=O)C1=C(C)N. The number of hydrogen-bond donors (Lipinski definition) is 2. The third-order valence-corrected chi connectivity index (χ3v) is 5.95. The molecule has 5 rings (SSSR count). The summed E-state index contributed by atoms with van der Waals surface area (Å²) in [7, 11) is 0. The monoisotopic (exact) mass is 467 g/mol. The van der Waals surface area contributed by atoms with Crippen LogP contribution in [0.1, 0.15) is 35.5 Å². The van der Waals surface area contributed by atoms with Crippen LogP contribution in [0.15, 0.2) is 76.1 Å². The smallest absolute Gasteiger partial charge is 0.267 e. The molecular weight excluding hydrogens is 442 g/mol. The lowest BCUT2D eigenvalue weighted by molar-refractivity contribution is 0.102. The van der Waals surface area contributed by atoms with Gasteiger partial charge < -0.3 is 10.3 Å². The summed E-state index contributed by atoms with van der Waals surface area (Å²) >= 11 is 0. The van der Waals surface area contributed by atoms with Crippen LogP contribution >= 0.6 is 0 Å². The molecule has 4 aromatic rings. The molecule has 1 aliphatic rings. The van der Waals surface area contributed by atoms with Gasteiger partial charge in [0.1, 0.15) is 0 Å². The number of carbonyl (C=O) groups is 1. The number of imidazole rings is 1. The fourth-order valence-electron chi connectivity index (χ4n) is 4.32. The number of fused-ring (bicyclic) bond motifs is 7. The lowest BCUT2D eigenvalue weighted by Gasteiger charge is -2.14. The van der Waals surface area contributed by atoms with Crippen molar-refractivity contribution in [2.24, 2.45) is 10.7 Å². The van der Waals surface area contributed by atoms with Gasteiger partial charge in [-0.05, 0) is 49.7 Å². The van der Waals surface area contributed by atoms with Crippen LogP contribution in [0.2, 0.25) is 0 Å². The van der Waals surface area contributed by atoms with E-state index >= 15 is 0 Å². The number of nitrogens with one attached hydrogen (secondary N) is 1. The number of hydrogen-bond acceptors (Lipinski definition) is 6. The van der Waals surface area contributed by atoms with E-state index in [1.54, 1.807) is 31.2 Å². The van der Waals surface area contributed by atoms with Gasteiger partial charge in [-0.25, -0.2) is 9.67 Å². The minimum absolute atomic E-state index is 0.208. The second-order valence-electron chi connectivity index (χ2n) is 8.47. The molecule has 0 saturated carbocycles. The van der Waals surface area contributed by atoms with Crippen LogP contribution in [0.5, 0.6) is 0 Å². The van der Waals surface area contributed by atoms with E-state index in [1.807, 2.05) is 41.8 Å². The molecule has 0 unspecified atom stereocenters. The van der Waals surface area contributed by atoms with Crippen molar-refractivity contribution >= 4 is 34.2 Å². The number of nitrogens with zero attached hydrogens (tertiary/aromatic N) is 5. The van der Waals surface area contributed by atoms with E-state index in [2.05, 4.69) is 15.4 Å². The standard InChI is InChI=1S/C26H25N7O2/c1-16(27)24-17(2)28-12-13-32-22-9-4-3-8-20(22)29-26(32)30-25(35)19-7-5-6-18(14-19)15-33-23(34)11-10-21(24)31-33/h3-11,14H,12-13,15,27H2,1-2H3,(H,29,30,35). The Labute approximate surface area is 201 Å². The summed E-state index contributed by atoms with van der Waals surface area (Å²) in [4.78, 5) is 35.1. The molecule has 3 N–H and O–H groups in total. The number of rotatable bonds is 0. The van der Waals surface area contributed by atoms with Crippen molar-refractivity contribution in [3.8, 4) is 0 Å². The van der Waals surface area contributed by atoms with Gasteiger partial charge in [0.15, 0.2) is 0 Å². The molecule has 2 aromatic carbocycles. The number of aliphatic imine (C=N–C) groups is 1. The highest BCUT2D eigenvalue weighted by atomic mass is 16.2. The van der Waals surface area contributed by atoms with Gasteiger partial charge in [-0.3, -0.25) is 19.9 Å². The zero-order valence-corrected chi connectivity index (χ0v) is 19.5. The minimum Gasteiger partial charge on any atom is -0.402 e. The highest BCUT2D eigenvalue weighted by Crippen LogP contribution is 2.21. The topological polar surface area (TPSA) is 120 Å². The Kier molecular flexibility index (Phi) is 5.74. The molecule has 0 radical (unpaired) electrons. The van der Waals surface area contributed by atoms with Crippen LogP contribution in [-0.2, 0) is 13.1 Å². The molecule has 0 saturated heterocycles. The Morgan fingerprint density at radius 1 is 1.06 bits per heavy atom. The van der Waals surface area contributed by atoms with Gasteiger partial charge in [0.05, 0.1) is 29.8 Å². The molecule has 3 heterocycles. The van der Waals surface area contributed by atoms with Crippen molar-refractivity contribution in [1.82, 2.24) is 19.3 Å². The summed E-state index contributed by atoms with van der Waals surface area (Å²) < 4.78 is 3.32. The molecular formula is C26H25N7O2. The lowest BCUT2D eigenvalue weighted by atomic mass is 10.1. The highest BCUT2D eigenvalue weighted by Gasteiger charge is 2.17. The third kappa shape index (κ3) is 4.35. The Bertz CT molecular complexity index is 1570. The first-order valence-corrected chi connectivity index (χ1v) is 11.3. The van der Waals surface area contributed by atoms with Crippen LogP contribution in [0.25, 0.3) is 16.6 Å². The number of benzene rings is 2. The summed E-state index contributed by atoms with van der Waals surface area (Å²) in [6.45, 7) is 4.81. The van der Waals surface area contributed by atoms with Crippen LogP contribution in [0, 0.1) is 0 Å². The van der Waals surface area contributed by atoms with Crippen molar-refractivity contribution < 1.29 is 4.79 Å². The maximum atomic E-state index is 13.1. The molecule has 0 aliphatic carbocycles. The zero-order valence-electron chi connectivity index (χ0n) is 19.5. The highest BCUT2D eigenvalue weighted by molar-refractivity contribution is 6.22. The van der Waals surface area contributed by atoms with Crippen molar-refractivity contribution in [2.75, 3.05) is 11.9 Å². The van der Waals surface area contributed by atoms with Crippen molar-refractivity contribution in [2.45, 2.75) is 26.9 Å². The van der Waals surface area contributed by atoms with Crippen molar-refractivity contribution in [3.63, 3.8) is 0 Å². The number of allylic oxidation sites excluding steroid dienone is 2. The molecule has 1 aliphatic heterocycles. The largest absolute Gasteiger partial charge is 0.402 e. The summed E-state index contributed by atoms with van der Waals surface area (Å²) in [6.07, 6.45) is 0. The maximum Gasteiger partial charge on any atom is 0.267 e. The van der Waals surface area contributed by atoms with Gasteiger partial charge in [-0.15, -0.1) is 0 Å². The number of carbonyl (C=O) groups excluding carboxylic acids is 1. The summed E-state index contributed by atoms with van der Waals surface area (Å²) in [5, 5.41) is 7.51. The Hall–Kier alpha value is -4.53. The molecule has 0 atom stereocenters.